The number of aromatic nitrogens is 4. The predicted molar refractivity (Wildman–Crippen MR) is 155 cm³/mol. The molecule has 0 atom stereocenters. The first-order valence-electron chi connectivity index (χ1n) is 14.1. The molecule has 0 spiro atoms. The number of para-hydroxylation sites is 2. The lowest BCUT2D eigenvalue weighted by Crippen LogP contribution is -2.50. The van der Waals surface area contributed by atoms with Crippen LogP contribution in [0.15, 0.2) is 24.3 Å². The van der Waals surface area contributed by atoms with Gasteiger partial charge in [0.15, 0.2) is 11.6 Å². The molecule has 0 aliphatic carbocycles. The summed E-state index contributed by atoms with van der Waals surface area (Å²) in [5.74, 6) is 0.464. The summed E-state index contributed by atoms with van der Waals surface area (Å²) in [4.78, 5) is 31.9. The van der Waals surface area contributed by atoms with Gasteiger partial charge in [0, 0.05) is 58.6 Å². The van der Waals surface area contributed by atoms with Crippen molar-refractivity contribution in [2.75, 3.05) is 75.8 Å². The Hall–Kier alpha value is -3.91. The first kappa shape index (κ1) is 29.6. The van der Waals surface area contributed by atoms with E-state index in [0.717, 1.165) is 6.21 Å². The Morgan fingerprint density at radius 2 is 1.81 bits per heavy atom. The van der Waals surface area contributed by atoms with Gasteiger partial charge < -0.3 is 30.0 Å². The predicted octanol–water partition coefficient (Wildman–Crippen LogP) is 3.55. The second-order valence-electron chi connectivity index (χ2n) is 11.2. The number of morpholine rings is 1. The third kappa shape index (κ3) is 6.59. The molecule has 4 heterocycles. The lowest BCUT2D eigenvalue weighted by molar-refractivity contribution is 0.0148. The Bertz CT molecular complexity index is 1410. The molecule has 1 amide bonds. The highest BCUT2D eigenvalue weighted by Gasteiger charge is 2.28. The van der Waals surface area contributed by atoms with E-state index in [1.54, 1.807) is 29.2 Å². The molecular formula is C28H37F2N9O3. The monoisotopic (exact) mass is 585 g/mol. The summed E-state index contributed by atoms with van der Waals surface area (Å²) in [5.41, 5.74) is 0.624. The maximum absolute atomic E-state index is 14.2. The van der Waals surface area contributed by atoms with Gasteiger partial charge in [-0.2, -0.15) is 9.97 Å². The van der Waals surface area contributed by atoms with Crippen LogP contribution in [0, 0.1) is 5.41 Å². The summed E-state index contributed by atoms with van der Waals surface area (Å²) in [7, 11) is 0. The Labute approximate surface area is 243 Å². The summed E-state index contributed by atoms with van der Waals surface area (Å²) in [5, 5.41) is 11.6. The van der Waals surface area contributed by atoms with Crippen molar-refractivity contribution in [1.29, 1.82) is 5.41 Å². The van der Waals surface area contributed by atoms with Gasteiger partial charge in [0.25, 0.3) is 6.43 Å². The zero-order chi connectivity index (χ0) is 29.9. The zero-order valence-electron chi connectivity index (χ0n) is 24.1. The van der Waals surface area contributed by atoms with E-state index in [9.17, 15) is 13.6 Å². The Morgan fingerprint density at radius 1 is 1.10 bits per heavy atom. The average Bonchev–Trinajstić information content (AvgIpc) is 3.37. The minimum absolute atomic E-state index is 0.166. The standard InChI is InChI=1S/C28H37F2N9O3/c1-28(2,3)42-27(40)38-12-10-36(11-13-38)9-8-32-23-19(18-31)24(35-26(34-23)37-14-16-41-17-15-37)39-21-7-5-4-6-20(21)33-25(39)22(29)30/h4-7,18,22,31H,8-17H2,1-3H3,(H,32,34,35). The number of imidazole rings is 1. The van der Waals surface area contributed by atoms with Gasteiger partial charge in [-0.05, 0) is 32.9 Å². The summed E-state index contributed by atoms with van der Waals surface area (Å²) in [6.07, 6.45) is -2.08. The van der Waals surface area contributed by atoms with Crippen molar-refractivity contribution in [3.8, 4) is 5.82 Å². The molecule has 2 fully saturated rings. The number of benzene rings is 1. The SMILES string of the molecule is CC(C)(C)OC(=O)N1CCN(CCNc2nc(N3CCOCC3)nc(-n3c(C(F)F)nc4ccccc43)c2C=N)CC1. The quantitative estimate of drug-likeness (QED) is 0.382. The molecule has 42 heavy (non-hydrogen) atoms. The molecule has 5 rings (SSSR count). The number of anilines is 2. The van der Waals surface area contributed by atoms with Crippen LogP contribution < -0.4 is 10.2 Å². The van der Waals surface area contributed by atoms with Crippen molar-refractivity contribution in [3.63, 3.8) is 0 Å². The van der Waals surface area contributed by atoms with Gasteiger partial charge in [-0.25, -0.2) is 18.6 Å². The fourth-order valence-electron chi connectivity index (χ4n) is 5.02. The van der Waals surface area contributed by atoms with E-state index in [1.165, 1.54) is 4.57 Å². The van der Waals surface area contributed by atoms with Gasteiger partial charge in [-0.1, -0.05) is 12.1 Å². The fraction of sp³-hybridized carbons (Fsp3) is 0.536. The maximum atomic E-state index is 14.2. The summed E-state index contributed by atoms with van der Waals surface area (Å²) in [6.45, 7) is 11.3. The number of carbonyl (C=O) groups excluding carboxylic acids is 1. The number of amides is 1. The number of carbonyl (C=O) groups is 1. The molecule has 0 saturated carbocycles. The number of hydrogen-bond donors (Lipinski definition) is 2. The molecule has 2 aliphatic rings. The van der Waals surface area contributed by atoms with Gasteiger partial charge >= 0.3 is 6.09 Å². The first-order chi connectivity index (χ1) is 20.1. The van der Waals surface area contributed by atoms with Crippen LogP contribution in [0.4, 0.5) is 25.3 Å². The van der Waals surface area contributed by atoms with Crippen molar-refractivity contribution < 1.29 is 23.0 Å². The van der Waals surface area contributed by atoms with Gasteiger partial charge in [0.05, 0.1) is 29.8 Å². The van der Waals surface area contributed by atoms with Gasteiger partial charge in [-0.15, -0.1) is 0 Å². The molecule has 226 valence electrons. The topological polar surface area (TPSA) is 125 Å². The minimum atomic E-state index is -2.85. The number of nitrogens with zero attached hydrogens (tertiary/aromatic N) is 7. The third-order valence-electron chi connectivity index (χ3n) is 7.09. The van der Waals surface area contributed by atoms with E-state index in [2.05, 4.69) is 15.2 Å². The second-order valence-corrected chi connectivity index (χ2v) is 11.2. The van der Waals surface area contributed by atoms with Crippen molar-refractivity contribution in [3.05, 3.63) is 35.7 Å². The van der Waals surface area contributed by atoms with Crippen LogP contribution >= 0.6 is 0 Å². The largest absolute Gasteiger partial charge is 0.444 e. The number of nitrogens with one attached hydrogen (secondary N) is 2. The molecule has 0 radical (unpaired) electrons. The van der Waals surface area contributed by atoms with Crippen LogP contribution in [0.5, 0.6) is 0 Å². The number of hydrogen-bond acceptors (Lipinski definition) is 10. The number of alkyl halides is 2. The van der Waals surface area contributed by atoms with Gasteiger partial charge in [0.2, 0.25) is 5.95 Å². The number of ether oxygens (including phenoxy) is 2. The molecule has 12 nitrogen and oxygen atoms in total. The molecule has 0 unspecified atom stereocenters. The Morgan fingerprint density at radius 3 is 2.48 bits per heavy atom. The van der Waals surface area contributed by atoms with Crippen molar-refractivity contribution in [2.45, 2.75) is 32.8 Å². The third-order valence-corrected chi connectivity index (χ3v) is 7.09. The van der Waals surface area contributed by atoms with E-state index in [0.29, 0.717) is 88.4 Å². The van der Waals surface area contributed by atoms with Gasteiger partial charge in [-0.3, -0.25) is 9.47 Å². The maximum Gasteiger partial charge on any atom is 0.410 e. The lowest BCUT2D eigenvalue weighted by Gasteiger charge is -2.35. The summed E-state index contributed by atoms with van der Waals surface area (Å²) < 4.78 is 40.8. The van der Waals surface area contributed by atoms with Crippen LogP contribution in [0.2, 0.25) is 0 Å². The van der Waals surface area contributed by atoms with Crippen LogP contribution in [0.1, 0.15) is 38.6 Å². The van der Waals surface area contributed by atoms with Crippen LogP contribution in [0.3, 0.4) is 0 Å². The molecule has 2 aliphatic heterocycles. The van der Waals surface area contributed by atoms with Crippen molar-refractivity contribution in [1.82, 2.24) is 29.3 Å². The molecule has 14 heteroatoms. The molecule has 2 N–H and O–H groups in total. The highest BCUT2D eigenvalue weighted by molar-refractivity contribution is 5.91. The first-order valence-corrected chi connectivity index (χ1v) is 14.1. The van der Waals surface area contributed by atoms with Gasteiger partial charge in [0.1, 0.15) is 11.4 Å². The Balaban J connectivity index is 1.39. The van der Waals surface area contributed by atoms with E-state index in [-0.39, 0.29) is 17.5 Å². The highest BCUT2D eigenvalue weighted by Crippen LogP contribution is 2.31. The number of rotatable bonds is 8. The van der Waals surface area contributed by atoms with Crippen LogP contribution in [0.25, 0.3) is 16.9 Å². The molecule has 3 aromatic rings. The fourth-order valence-corrected chi connectivity index (χ4v) is 5.02. The molecule has 2 saturated heterocycles. The second kappa shape index (κ2) is 12.5. The minimum Gasteiger partial charge on any atom is -0.444 e. The van der Waals surface area contributed by atoms with Crippen LogP contribution in [-0.2, 0) is 9.47 Å². The molecule has 0 bridgehead atoms. The molecular weight excluding hydrogens is 548 g/mol. The van der Waals surface area contributed by atoms with E-state index in [4.69, 9.17) is 24.9 Å². The number of halogens is 2. The summed E-state index contributed by atoms with van der Waals surface area (Å²) >= 11 is 0. The molecule has 2 aromatic heterocycles. The lowest BCUT2D eigenvalue weighted by atomic mass is 10.2. The molecule has 1 aromatic carbocycles. The Kier molecular flexibility index (Phi) is 8.82. The zero-order valence-corrected chi connectivity index (χ0v) is 24.1. The number of fused-ring (bicyclic) bond motifs is 1. The van der Waals surface area contributed by atoms with E-state index >= 15 is 0 Å². The van der Waals surface area contributed by atoms with E-state index < -0.39 is 17.9 Å². The summed E-state index contributed by atoms with van der Waals surface area (Å²) in [6, 6.07) is 6.88. The average molecular weight is 586 g/mol. The normalized spacial score (nSPS) is 16.7. The van der Waals surface area contributed by atoms with Crippen molar-refractivity contribution >= 4 is 35.1 Å². The van der Waals surface area contributed by atoms with Crippen molar-refractivity contribution in [2.24, 2.45) is 0 Å². The number of piperazine rings is 1. The van der Waals surface area contributed by atoms with E-state index in [1.807, 2.05) is 25.7 Å². The smallest absolute Gasteiger partial charge is 0.410 e. The highest BCUT2D eigenvalue weighted by atomic mass is 19.3. The van der Waals surface area contributed by atoms with Crippen LogP contribution in [-0.4, -0.2) is 113 Å².